The van der Waals surface area contributed by atoms with Gasteiger partial charge in [-0.15, -0.1) is 0 Å². The Morgan fingerprint density at radius 1 is 1.32 bits per heavy atom. The SMILES string of the molecule is C=C(C)/C=C\C1(CC)CC/C1=C(\C)Nc1ccc(C)cc1C. The van der Waals surface area contributed by atoms with Gasteiger partial charge in [0.05, 0.1) is 0 Å². The van der Waals surface area contributed by atoms with Gasteiger partial charge in [-0.3, -0.25) is 0 Å². The molecular weight excluding hydrogens is 266 g/mol. The number of aryl methyl sites for hydroxylation is 2. The lowest BCUT2D eigenvalue weighted by Crippen LogP contribution is -2.32. The maximum Gasteiger partial charge on any atom is 0.0411 e. The van der Waals surface area contributed by atoms with Gasteiger partial charge in [-0.1, -0.05) is 48.9 Å². The van der Waals surface area contributed by atoms with E-state index in [1.165, 1.54) is 35.4 Å². The zero-order chi connectivity index (χ0) is 16.3. The fourth-order valence-corrected chi connectivity index (χ4v) is 3.36. The van der Waals surface area contributed by atoms with Crippen LogP contribution in [0.25, 0.3) is 0 Å². The number of rotatable bonds is 5. The molecule has 0 spiro atoms. The highest BCUT2D eigenvalue weighted by Crippen LogP contribution is 2.51. The molecule has 1 aromatic carbocycles. The summed E-state index contributed by atoms with van der Waals surface area (Å²) in [6.07, 6.45) is 8.12. The van der Waals surface area contributed by atoms with Crippen LogP contribution in [0.4, 0.5) is 5.69 Å². The first-order valence-electron chi connectivity index (χ1n) is 8.27. The maximum atomic E-state index is 3.99. The Morgan fingerprint density at radius 3 is 2.55 bits per heavy atom. The van der Waals surface area contributed by atoms with Gasteiger partial charge in [-0.2, -0.15) is 0 Å². The largest absolute Gasteiger partial charge is 0.359 e. The monoisotopic (exact) mass is 295 g/mol. The van der Waals surface area contributed by atoms with E-state index in [4.69, 9.17) is 0 Å². The zero-order valence-electron chi connectivity index (χ0n) is 14.7. The summed E-state index contributed by atoms with van der Waals surface area (Å²) >= 11 is 0. The fraction of sp³-hybridized carbons (Fsp3) is 0.429. The van der Waals surface area contributed by atoms with Crippen molar-refractivity contribution in [3.8, 4) is 0 Å². The maximum absolute atomic E-state index is 3.99. The van der Waals surface area contributed by atoms with Gasteiger partial charge in [0.15, 0.2) is 0 Å². The van der Waals surface area contributed by atoms with Crippen LogP contribution in [0.5, 0.6) is 0 Å². The lowest BCUT2D eigenvalue weighted by atomic mass is 9.62. The highest BCUT2D eigenvalue weighted by Gasteiger charge is 2.39. The second-order valence-corrected chi connectivity index (χ2v) is 6.74. The predicted octanol–water partition coefficient (Wildman–Crippen LogP) is 6.31. The van der Waals surface area contributed by atoms with E-state index >= 15 is 0 Å². The van der Waals surface area contributed by atoms with Crippen LogP contribution in [-0.2, 0) is 0 Å². The van der Waals surface area contributed by atoms with E-state index in [-0.39, 0.29) is 5.41 Å². The molecule has 1 aromatic rings. The third-order valence-corrected chi connectivity index (χ3v) is 4.90. The van der Waals surface area contributed by atoms with E-state index in [1.54, 1.807) is 5.57 Å². The van der Waals surface area contributed by atoms with Crippen molar-refractivity contribution in [2.45, 2.75) is 53.9 Å². The zero-order valence-corrected chi connectivity index (χ0v) is 14.7. The summed E-state index contributed by atoms with van der Waals surface area (Å²) in [5, 5.41) is 3.64. The van der Waals surface area contributed by atoms with Crippen LogP contribution in [0.3, 0.4) is 0 Å². The normalized spacial score (nSPS) is 23.3. The van der Waals surface area contributed by atoms with Crippen molar-refractivity contribution in [2.75, 3.05) is 5.32 Å². The molecule has 2 rings (SSSR count). The standard InChI is InChI=1S/C21H29N/c1-7-21(12-10-15(2)3)13-11-19(21)18(6)22-20-9-8-16(4)14-17(20)5/h8-10,12,14,22H,2,7,11,13H2,1,3-6H3/b12-10-,19-18-. The van der Waals surface area contributed by atoms with Gasteiger partial charge in [-0.05, 0) is 64.2 Å². The van der Waals surface area contributed by atoms with Gasteiger partial charge >= 0.3 is 0 Å². The van der Waals surface area contributed by atoms with Gasteiger partial charge in [0.1, 0.15) is 0 Å². The van der Waals surface area contributed by atoms with Crippen LogP contribution >= 0.6 is 0 Å². The van der Waals surface area contributed by atoms with Crippen molar-refractivity contribution in [2.24, 2.45) is 5.41 Å². The molecule has 1 unspecified atom stereocenters. The van der Waals surface area contributed by atoms with Crippen LogP contribution in [0, 0.1) is 19.3 Å². The van der Waals surface area contributed by atoms with Gasteiger partial charge in [0.25, 0.3) is 0 Å². The fourth-order valence-electron chi connectivity index (χ4n) is 3.36. The minimum Gasteiger partial charge on any atom is -0.359 e. The average Bonchev–Trinajstić information content (AvgIpc) is 2.41. The van der Waals surface area contributed by atoms with Crippen molar-refractivity contribution >= 4 is 5.69 Å². The molecule has 1 fully saturated rings. The summed E-state index contributed by atoms with van der Waals surface area (Å²) in [5.74, 6) is 0. The lowest BCUT2D eigenvalue weighted by Gasteiger charge is -2.43. The van der Waals surface area contributed by atoms with Crippen molar-refractivity contribution in [1.29, 1.82) is 0 Å². The van der Waals surface area contributed by atoms with Crippen LogP contribution in [0.15, 0.2) is 53.8 Å². The van der Waals surface area contributed by atoms with Gasteiger partial charge in [0.2, 0.25) is 0 Å². The predicted molar refractivity (Wildman–Crippen MR) is 98.2 cm³/mol. The highest BCUT2D eigenvalue weighted by molar-refractivity contribution is 5.57. The number of allylic oxidation sites excluding steroid dienone is 5. The molecule has 0 heterocycles. The van der Waals surface area contributed by atoms with E-state index in [1.807, 2.05) is 0 Å². The van der Waals surface area contributed by atoms with E-state index in [9.17, 15) is 0 Å². The van der Waals surface area contributed by atoms with Crippen molar-refractivity contribution in [3.05, 3.63) is 64.9 Å². The van der Waals surface area contributed by atoms with Crippen LogP contribution < -0.4 is 5.32 Å². The molecular formula is C21H29N. The Labute approximate surface area is 135 Å². The molecule has 1 aliphatic rings. The Morgan fingerprint density at radius 2 is 2.05 bits per heavy atom. The van der Waals surface area contributed by atoms with Crippen molar-refractivity contribution in [1.82, 2.24) is 0 Å². The van der Waals surface area contributed by atoms with Crippen LogP contribution in [-0.4, -0.2) is 0 Å². The molecule has 1 heteroatoms. The molecule has 1 nitrogen and oxygen atoms in total. The molecule has 1 atom stereocenters. The quantitative estimate of drug-likeness (QED) is 0.627. The Bertz CT molecular complexity index is 629. The Balaban J connectivity index is 2.27. The molecule has 0 amide bonds. The first-order valence-corrected chi connectivity index (χ1v) is 8.27. The molecule has 22 heavy (non-hydrogen) atoms. The third-order valence-electron chi connectivity index (χ3n) is 4.90. The molecule has 1 saturated carbocycles. The lowest BCUT2D eigenvalue weighted by molar-refractivity contribution is 0.304. The second-order valence-electron chi connectivity index (χ2n) is 6.74. The number of anilines is 1. The molecule has 0 radical (unpaired) electrons. The number of nitrogens with one attached hydrogen (secondary N) is 1. The third kappa shape index (κ3) is 3.35. The minimum absolute atomic E-state index is 0.231. The van der Waals surface area contributed by atoms with Crippen LogP contribution in [0.2, 0.25) is 0 Å². The van der Waals surface area contributed by atoms with Crippen molar-refractivity contribution < 1.29 is 0 Å². The summed E-state index contributed by atoms with van der Waals surface area (Å²) in [6, 6.07) is 6.59. The molecule has 1 N–H and O–H groups in total. The number of hydrogen-bond acceptors (Lipinski definition) is 1. The Hall–Kier alpha value is -1.76. The van der Waals surface area contributed by atoms with Gasteiger partial charge in [0, 0.05) is 16.8 Å². The van der Waals surface area contributed by atoms with E-state index in [2.05, 4.69) is 76.9 Å². The summed E-state index contributed by atoms with van der Waals surface area (Å²) in [7, 11) is 0. The highest BCUT2D eigenvalue weighted by atomic mass is 14.9. The minimum atomic E-state index is 0.231. The first-order chi connectivity index (χ1) is 10.4. The van der Waals surface area contributed by atoms with Crippen LogP contribution in [0.1, 0.15) is 51.2 Å². The average molecular weight is 295 g/mol. The molecule has 0 aromatic heterocycles. The second kappa shape index (κ2) is 6.56. The summed E-state index contributed by atoms with van der Waals surface area (Å²) < 4.78 is 0. The molecule has 0 saturated heterocycles. The smallest absolute Gasteiger partial charge is 0.0411 e. The molecule has 1 aliphatic carbocycles. The number of hydrogen-bond donors (Lipinski definition) is 1. The van der Waals surface area contributed by atoms with E-state index in [0.29, 0.717) is 0 Å². The summed E-state index contributed by atoms with van der Waals surface area (Å²) in [5.41, 5.74) is 8.05. The van der Waals surface area contributed by atoms with Gasteiger partial charge in [-0.25, -0.2) is 0 Å². The first kappa shape index (κ1) is 16.6. The van der Waals surface area contributed by atoms with E-state index < -0.39 is 0 Å². The Kier molecular flexibility index (Phi) is 4.95. The molecule has 118 valence electrons. The van der Waals surface area contributed by atoms with Gasteiger partial charge < -0.3 is 5.32 Å². The van der Waals surface area contributed by atoms with Crippen molar-refractivity contribution in [3.63, 3.8) is 0 Å². The molecule has 0 bridgehead atoms. The summed E-state index contributed by atoms with van der Waals surface area (Å²) in [6.45, 7) is 14.9. The van der Waals surface area contributed by atoms with E-state index in [0.717, 1.165) is 12.0 Å². The molecule has 0 aliphatic heterocycles. The topological polar surface area (TPSA) is 12.0 Å². The summed E-state index contributed by atoms with van der Waals surface area (Å²) in [4.78, 5) is 0. The number of benzene rings is 1.